The van der Waals surface area contributed by atoms with Crippen molar-refractivity contribution in [2.75, 3.05) is 13.2 Å². The fourth-order valence-corrected chi connectivity index (χ4v) is 1.91. The van der Waals surface area contributed by atoms with Gasteiger partial charge in [-0.2, -0.15) is 12.6 Å². The molecule has 0 amide bonds. The highest BCUT2D eigenvalue weighted by atomic mass is 32.1. The van der Waals surface area contributed by atoms with Crippen molar-refractivity contribution >= 4 is 12.6 Å². The van der Waals surface area contributed by atoms with E-state index in [4.69, 9.17) is 4.74 Å². The molecule has 0 aromatic rings. The first-order valence-corrected chi connectivity index (χ1v) is 5.12. The Labute approximate surface area is 80.6 Å². The van der Waals surface area contributed by atoms with Crippen LogP contribution in [0, 0.1) is 5.92 Å². The van der Waals surface area contributed by atoms with Crippen LogP contribution in [0.3, 0.4) is 0 Å². The van der Waals surface area contributed by atoms with Gasteiger partial charge < -0.3 is 4.74 Å². The Morgan fingerprint density at radius 2 is 1.92 bits per heavy atom. The maximum atomic E-state index is 5.42. The third-order valence-corrected chi connectivity index (χ3v) is 2.70. The van der Waals surface area contributed by atoms with E-state index in [1.807, 2.05) is 0 Å². The lowest BCUT2D eigenvalue weighted by Crippen LogP contribution is -2.19. The molecule has 2 heteroatoms. The second-order valence-electron chi connectivity index (χ2n) is 3.68. The molecule has 1 atom stereocenters. The van der Waals surface area contributed by atoms with E-state index in [0.717, 1.165) is 19.6 Å². The lowest BCUT2D eigenvalue weighted by molar-refractivity contribution is 0.141. The molecule has 1 unspecified atom stereocenters. The molecule has 0 spiro atoms. The molecule has 0 saturated carbocycles. The molecule has 0 radical (unpaired) electrons. The van der Waals surface area contributed by atoms with Crippen LogP contribution in [0.15, 0.2) is 11.1 Å². The van der Waals surface area contributed by atoms with Gasteiger partial charge in [0.25, 0.3) is 0 Å². The van der Waals surface area contributed by atoms with Gasteiger partial charge in [0.15, 0.2) is 0 Å². The summed E-state index contributed by atoms with van der Waals surface area (Å²) in [5.74, 6) is 0.651. The van der Waals surface area contributed by atoms with Gasteiger partial charge in [0.1, 0.15) is 0 Å². The summed E-state index contributed by atoms with van der Waals surface area (Å²) in [5.41, 5.74) is 2.96. The quantitative estimate of drug-likeness (QED) is 0.515. The molecule has 1 aliphatic heterocycles. The number of thiol groups is 1. The summed E-state index contributed by atoms with van der Waals surface area (Å²) in [6.07, 6.45) is 1.10. The fraction of sp³-hybridized carbons (Fsp3) is 0.800. The molecule has 0 aromatic heterocycles. The third kappa shape index (κ3) is 2.27. The van der Waals surface area contributed by atoms with E-state index in [1.165, 1.54) is 5.57 Å². The van der Waals surface area contributed by atoms with Crippen molar-refractivity contribution in [3.8, 4) is 0 Å². The number of hydrogen-bond donors (Lipinski definition) is 1. The average molecular weight is 186 g/mol. The van der Waals surface area contributed by atoms with Gasteiger partial charge in [-0.15, -0.1) is 0 Å². The highest BCUT2D eigenvalue weighted by Gasteiger charge is 2.17. The Balaban J connectivity index is 2.83. The van der Waals surface area contributed by atoms with Gasteiger partial charge in [-0.1, -0.05) is 19.4 Å². The third-order valence-electron chi connectivity index (χ3n) is 2.39. The maximum Gasteiger partial charge on any atom is 0.0690 e. The van der Waals surface area contributed by atoms with Crippen LogP contribution in [0.25, 0.3) is 0 Å². The first-order valence-electron chi connectivity index (χ1n) is 4.60. The minimum atomic E-state index is 0.350. The smallest absolute Gasteiger partial charge is 0.0690 e. The molecule has 0 fully saturated rings. The largest absolute Gasteiger partial charge is 0.377 e. The van der Waals surface area contributed by atoms with E-state index in [1.54, 1.807) is 5.57 Å². The Hall–Kier alpha value is 0.0500. The summed E-state index contributed by atoms with van der Waals surface area (Å²) in [5, 5.41) is 0.350. The van der Waals surface area contributed by atoms with Crippen LogP contribution >= 0.6 is 12.6 Å². The fourth-order valence-electron chi connectivity index (χ4n) is 1.67. The van der Waals surface area contributed by atoms with E-state index in [2.05, 4.69) is 33.4 Å². The summed E-state index contributed by atoms with van der Waals surface area (Å²) in [6, 6.07) is 0. The molecule has 12 heavy (non-hydrogen) atoms. The predicted molar refractivity (Wildman–Crippen MR) is 55.7 cm³/mol. The van der Waals surface area contributed by atoms with Gasteiger partial charge in [-0.3, -0.25) is 0 Å². The first kappa shape index (κ1) is 10.1. The highest BCUT2D eigenvalue weighted by molar-refractivity contribution is 7.81. The Morgan fingerprint density at radius 3 is 2.33 bits per heavy atom. The maximum absolute atomic E-state index is 5.42. The van der Waals surface area contributed by atoms with E-state index in [-0.39, 0.29) is 0 Å². The minimum Gasteiger partial charge on any atom is -0.377 e. The van der Waals surface area contributed by atoms with Gasteiger partial charge in [-0.05, 0) is 24.8 Å². The number of ether oxygens (including phenoxy) is 1. The Morgan fingerprint density at radius 1 is 1.25 bits per heavy atom. The molecule has 0 saturated heterocycles. The molecule has 70 valence electrons. The molecule has 1 aliphatic rings. The van der Waals surface area contributed by atoms with Crippen molar-refractivity contribution in [3.05, 3.63) is 11.1 Å². The van der Waals surface area contributed by atoms with E-state index in [9.17, 15) is 0 Å². The van der Waals surface area contributed by atoms with Crippen LogP contribution in [0.5, 0.6) is 0 Å². The van der Waals surface area contributed by atoms with Gasteiger partial charge in [-0.25, -0.2) is 0 Å². The molecule has 1 nitrogen and oxygen atoms in total. The number of hydrogen-bond acceptors (Lipinski definition) is 2. The van der Waals surface area contributed by atoms with Crippen molar-refractivity contribution in [1.82, 2.24) is 0 Å². The number of rotatable bonds is 2. The molecule has 1 heterocycles. The van der Waals surface area contributed by atoms with E-state index >= 15 is 0 Å². The summed E-state index contributed by atoms with van der Waals surface area (Å²) < 4.78 is 5.42. The zero-order chi connectivity index (χ0) is 9.14. The second-order valence-corrected chi connectivity index (χ2v) is 4.46. The van der Waals surface area contributed by atoms with Gasteiger partial charge >= 0.3 is 0 Å². The monoisotopic (exact) mass is 186 g/mol. The Kier molecular flexibility index (Phi) is 3.66. The molecule has 0 aromatic carbocycles. The van der Waals surface area contributed by atoms with Crippen LogP contribution in [-0.4, -0.2) is 18.5 Å². The van der Waals surface area contributed by atoms with Crippen molar-refractivity contribution in [1.29, 1.82) is 0 Å². The summed E-state index contributed by atoms with van der Waals surface area (Å²) >= 11 is 4.46. The Bertz CT molecular complexity index is 162. The standard InChI is InChI=1S/C10H18OS/c1-7(2)9-4-5-11-6-10(9)8(3)12/h7-8,12H,4-6H2,1-3H3. The van der Waals surface area contributed by atoms with E-state index < -0.39 is 0 Å². The molecule has 0 aliphatic carbocycles. The molecular formula is C10H18OS. The normalized spacial score (nSPS) is 21.8. The van der Waals surface area contributed by atoms with Crippen LogP contribution in [0.4, 0.5) is 0 Å². The molecule has 0 bridgehead atoms. The lowest BCUT2D eigenvalue weighted by Gasteiger charge is -2.25. The SMILES string of the molecule is CC(C)C1=C(C(C)S)COCC1. The topological polar surface area (TPSA) is 9.23 Å². The van der Waals surface area contributed by atoms with Gasteiger partial charge in [0.2, 0.25) is 0 Å². The average Bonchev–Trinajstić information content (AvgIpc) is 2.04. The zero-order valence-electron chi connectivity index (χ0n) is 8.13. The summed E-state index contributed by atoms with van der Waals surface area (Å²) in [7, 11) is 0. The molecule has 0 N–H and O–H groups in total. The van der Waals surface area contributed by atoms with Gasteiger partial charge in [0, 0.05) is 5.25 Å². The first-order chi connectivity index (χ1) is 5.63. The minimum absolute atomic E-state index is 0.350. The lowest BCUT2D eigenvalue weighted by atomic mass is 9.92. The highest BCUT2D eigenvalue weighted by Crippen LogP contribution is 2.26. The van der Waals surface area contributed by atoms with E-state index in [0.29, 0.717) is 11.2 Å². The van der Waals surface area contributed by atoms with Gasteiger partial charge in [0.05, 0.1) is 13.2 Å². The van der Waals surface area contributed by atoms with Crippen molar-refractivity contribution in [3.63, 3.8) is 0 Å². The van der Waals surface area contributed by atoms with Crippen molar-refractivity contribution in [2.24, 2.45) is 5.92 Å². The molecule has 1 rings (SSSR count). The van der Waals surface area contributed by atoms with Crippen LogP contribution in [0.2, 0.25) is 0 Å². The van der Waals surface area contributed by atoms with Crippen LogP contribution in [0.1, 0.15) is 27.2 Å². The summed E-state index contributed by atoms with van der Waals surface area (Å²) in [6.45, 7) is 8.29. The summed E-state index contributed by atoms with van der Waals surface area (Å²) in [4.78, 5) is 0. The van der Waals surface area contributed by atoms with Crippen LogP contribution in [-0.2, 0) is 4.74 Å². The predicted octanol–water partition coefficient (Wildman–Crippen LogP) is 2.68. The van der Waals surface area contributed by atoms with Crippen molar-refractivity contribution in [2.45, 2.75) is 32.4 Å². The second kappa shape index (κ2) is 4.33. The van der Waals surface area contributed by atoms with Crippen LogP contribution < -0.4 is 0 Å². The molecular weight excluding hydrogens is 168 g/mol. The van der Waals surface area contributed by atoms with Crippen molar-refractivity contribution < 1.29 is 4.74 Å². The zero-order valence-corrected chi connectivity index (χ0v) is 9.03.